The lowest BCUT2D eigenvalue weighted by atomic mass is 9.41. The van der Waals surface area contributed by atoms with Gasteiger partial charge in [0.25, 0.3) is 0 Å². The fourth-order valence-electron chi connectivity index (χ4n) is 7.84. The van der Waals surface area contributed by atoms with Crippen molar-refractivity contribution in [3.8, 4) is 0 Å². The van der Waals surface area contributed by atoms with E-state index in [4.69, 9.17) is 9.51 Å². The Hall–Kier alpha value is -2.35. The number of fused-ring (bicyclic) bond motifs is 3. The Balaban J connectivity index is 1.25. The topological polar surface area (TPSA) is 79.5 Å². The molecule has 8 rings (SSSR count). The summed E-state index contributed by atoms with van der Waals surface area (Å²) in [4.78, 5) is 20.5. The highest BCUT2D eigenvalue weighted by Gasteiger charge is 2.69. The minimum atomic E-state index is -1.38. The average Bonchev–Trinajstić information content (AvgIpc) is 3.34. The highest BCUT2D eigenvalue weighted by Crippen LogP contribution is 2.71. The number of aliphatic hydroxyl groups is 1. The lowest BCUT2D eigenvalue weighted by Crippen LogP contribution is -2.65. The van der Waals surface area contributed by atoms with E-state index in [1.54, 1.807) is 26.0 Å². The third-order valence-corrected chi connectivity index (χ3v) is 10.3. The van der Waals surface area contributed by atoms with Crippen LogP contribution in [0.25, 0.3) is 0 Å². The molecule has 1 aromatic carbocycles. The maximum atomic E-state index is 14.7. The maximum Gasteiger partial charge on any atom is 0.232 e. The molecular formula is C31H41F2N3O3. The van der Waals surface area contributed by atoms with Gasteiger partial charge in [0.15, 0.2) is 5.82 Å². The summed E-state index contributed by atoms with van der Waals surface area (Å²) < 4.78 is 34.7. The Kier molecular flexibility index (Phi) is 5.74. The second kappa shape index (κ2) is 8.34. The number of benzene rings is 1. The van der Waals surface area contributed by atoms with Crippen LogP contribution >= 0.6 is 0 Å². The minimum Gasteiger partial charge on any atom is -0.386 e. The highest BCUT2D eigenvalue weighted by atomic mass is 19.1. The van der Waals surface area contributed by atoms with Gasteiger partial charge in [0.1, 0.15) is 11.5 Å². The van der Waals surface area contributed by atoms with Crippen molar-refractivity contribution in [2.45, 2.75) is 121 Å². The van der Waals surface area contributed by atoms with Crippen LogP contribution in [0.2, 0.25) is 0 Å². The molecule has 1 amide bonds. The van der Waals surface area contributed by atoms with E-state index in [0.29, 0.717) is 37.9 Å². The van der Waals surface area contributed by atoms with Crippen molar-refractivity contribution in [2.75, 3.05) is 11.4 Å². The zero-order valence-electron chi connectivity index (χ0n) is 23.9. The predicted molar refractivity (Wildman–Crippen MR) is 144 cm³/mol. The van der Waals surface area contributed by atoms with E-state index in [0.717, 1.165) is 50.2 Å². The molecule has 0 radical (unpaired) electrons. The van der Waals surface area contributed by atoms with E-state index in [1.807, 2.05) is 4.90 Å². The Morgan fingerprint density at radius 1 is 1.03 bits per heavy atom. The molecule has 4 bridgehead atoms. The van der Waals surface area contributed by atoms with Crippen molar-refractivity contribution >= 4 is 11.6 Å². The van der Waals surface area contributed by atoms with Gasteiger partial charge in [-0.1, -0.05) is 25.9 Å². The molecule has 0 spiro atoms. The molecule has 0 unspecified atom stereocenters. The Morgan fingerprint density at radius 2 is 1.64 bits per heavy atom. The number of nitrogens with zero attached hydrogens (tertiary/aromatic N) is 3. The van der Waals surface area contributed by atoms with Gasteiger partial charge in [-0.15, -0.1) is 0 Å². The second-order valence-corrected chi connectivity index (χ2v) is 15.0. The van der Waals surface area contributed by atoms with Gasteiger partial charge in [0.2, 0.25) is 11.8 Å². The molecule has 6 fully saturated rings. The predicted octanol–water partition coefficient (Wildman–Crippen LogP) is 6.64. The minimum absolute atomic E-state index is 0.0337. The van der Waals surface area contributed by atoms with Crippen molar-refractivity contribution in [3.05, 3.63) is 41.3 Å². The smallest absolute Gasteiger partial charge is 0.232 e. The quantitative estimate of drug-likeness (QED) is 0.425. The number of halogens is 2. The molecule has 6 aliphatic carbocycles. The summed E-state index contributed by atoms with van der Waals surface area (Å²) in [5.74, 6) is 0.942. The molecule has 8 heteroatoms. The Bertz CT molecular complexity index is 1260. The summed E-state index contributed by atoms with van der Waals surface area (Å²) in [6.07, 6.45) is 7.28. The van der Waals surface area contributed by atoms with Gasteiger partial charge in [-0.05, 0) is 101 Å². The molecule has 1 N–H and O–H groups in total. The average molecular weight is 542 g/mol. The highest BCUT2D eigenvalue weighted by molar-refractivity contribution is 5.94. The third kappa shape index (κ3) is 4.51. The van der Waals surface area contributed by atoms with E-state index in [9.17, 15) is 18.7 Å². The third-order valence-electron chi connectivity index (χ3n) is 10.3. The molecule has 0 atom stereocenters. The number of rotatable bonds is 7. The van der Waals surface area contributed by atoms with Crippen LogP contribution in [0.4, 0.5) is 14.5 Å². The number of aromatic nitrogens is 2. The van der Waals surface area contributed by atoms with E-state index < -0.39 is 17.1 Å². The van der Waals surface area contributed by atoms with Crippen LogP contribution in [0.5, 0.6) is 0 Å². The zero-order valence-corrected chi connectivity index (χ0v) is 23.9. The molecule has 0 saturated heterocycles. The van der Waals surface area contributed by atoms with Crippen LogP contribution in [-0.2, 0) is 21.2 Å². The normalized spacial score (nSPS) is 33.4. The first kappa shape index (κ1) is 26.9. The number of hydrogen-bond donors (Lipinski definition) is 1. The van der Waals surface area contributed by atoms with Crippen LogP contribution in [-0.4, -0.2) is 33.4 Å². The first-order valence-electron chi connectivity index (χ1n) is 14.4. The molecule has 6 saturated carbocycles. The van der Waals surface area contributed by atoms with Gasteiger partial charge >= 0.3 is 0 Å². The standard InChI is InChI=1S/C31H41F2N3O3/c1-26(2,3)24-34-25(39-35-24)30-11-8-28(9-12-30,10-13-30)19-36(23(37)15-29-16-31(33,17-29)18-29)20-6-7-22(32)21(14-20)27(4,5)38/h6-7,14,38H,8-13,15-19H2,1-5H3. The molecule has 1 heterocycles. The molecule has 212 valence electrons. The van der Waals surface area contributed by atoms with Gasteiger partial charge in [-0.3, -0.25) is 4.79 Å². The summed E-state index contributed by atoms with van der Waals surface area (Å²) in [5, 5.41) is 14.9. The number of carbonyl (C=O) groups is 1. The molecule has 6 nitrogen and oxygen atoms in total. The van der Waals surface area contributed by atoms with Gasteiger partial charge in [0, 0.05) is 35.0 Å². The van der Waals surface area contributed by atoms with Crippen LogP contribution in [0, 0.1) is 16.6 Å². The summed E-state index contributed by atoms with van der Waals surface area (Å²) in [5.41, 5.74) is -2.25. The van der Waals surface area contributed by atoms with Crippen LogP contribution in [0.1, 0.15) is 116 Å². The number of alkyl halides is 1. The van der Waals surface area contributed by atoms with E-state index in [-0.39, 0.29) is 33.1 Å². The number of anilines is 1. The van der Waals surface area contributed by atoms with E-state index >= 15 is 0 Å². The molecule has 0 aliphatic heterocycles. The monoisotopic (exact) mass is 541 g/mol. The Morgan fingerprint density at radius 3 is 2.15 bits per heavy atom. The van der Waals surface area contributed by atoms with Gasteiger partial charge < -0.3 is 14.5 Å². The van der Waals surface area contributed by atoms with Gasteiger partial charge in [-0.2, -0.15) is 4.98 Å². The summed E-state index contributed by atoms with van der Waals surface area (Å²) in [7, 11) is 0. The fourth-order valence-corrected chi connectivity index (χ4v) is 7.84. The summed E-state index contributed by atoms with van der Waals surface area (Å²) in [6.45, 7) is 9.87. The van der Waals surface area contributed by atoms with E-state index in [2.05, 4.69) is 25.9 Å². The first-order valence-corrected chi connectivity index (χ1v) is 14.4. The zero-order chi connectivity index (χ0) is 28.1. The maximum absolute atomic E-state index is 14.7. The summed E-state index contributed by atoms with van der Waals surface area (Å²) >= 11 is 0. The van der Waals surface area contributed by atoms with Gasteiger partial charge in [0.05, 0.1) is 5.60 Å². The lowest BCUT2D eigenvalue weighted by molar-refractivity contribution is -0.215. The SMILES string of the molecule is CC(C)(C)c1noc(C23CCC(CN(C(=O)CC45CC(F)(C4)C5)c4ccc(F)c(C(C)(C)O)c4)(CC2)CC3)n1. The molecule has 39 heavy (non-hydrogen) atoms. The van der Waals surface area contributed by atoms with Crippen LogP contribution in [0.15, 0.2) is 22.7 Å². The summed E-state index contributed by atoms with van der Waals surface area (Å²) in [6, 6.07) is 4.60. The van der Waals surface area contributed by atoms with Gasteiger partial charge in [-0.25, -0.2) is 8.78 Å². The van der Waals surface area contributed by atoms with Crippen molar-refractivity contribution < 1.29 is 23.2 Å². The number of hydrogen-bond acceptors (Lipinski definition) is 5. The molecule has 6 aliphatic rings. The molecule has 2 aromatic rings. The van der Waals surface area contributed by atoms with E-state index in [1.165, 1.54) is 6.07 Å². The van der Waals surface area contributed by atoms with Crippen molar-refractivity contribution in [1.82, 2.24) is 10.1 Å². The number of amides is 1. The first-order chi connectivity index (χ1) is 18.1. The lowest BCUT2D eigenvalue weighted by Gasteiger charge is -2.66. The number of carbonyl (C=O) groups excluding carboxylic acids is 1. The molecular weight excluding hydrogens is 500 g/mol. The Labute approximate surface area is 229 Å². The largest absolute Gasteiger partial charge is 0.386 e. The fraction of sp³-hybridized carbons (Fsp3) is 0.710. The van der Waals surface area contributed by atoms with Crippen molar-refractivity contribution in [2.24, 2.45) is 10.8 Å². The van der Waals surface area contributed by atoms with Crippen LogP contribution in [0.3, 0.4) is 0 Å². The van der Waals surface area contributed by atoms with Crippen molar-refractivity contribution in [3.63, 3.8) is 0 Å². The second-order valence-electron chi connectivity index (χ2n) is 15.0. The van der Waals surface area contributed by atoms with Crippen LogP contribution < -0.4 is 4.90 Å². The molecule has 1 aromatic heterocycles. The van der Waals surface area contributed by atoms with Crippen molar-refractivity contribution in [1.29, 1.82) is 0 Å².